The molecular formula is C24H29N3O2. The topological polar surface area (TPSA) is 54.5 Å². The Hall–Kier alpha value is -2.14. The van der Waals surface area contributed by atoms with Gasteiger partial charge in [-0.15, -0.1) is 0 Å². The SMILES string of the molecule is O=C(NC[C@H]1[C@H]2CN(c3ccnc4ccccc34)C[C@]23CC[C@H]1O3)C1CCCC1. The molecule has 4 fully saturated rings. The molecule has 1 aliphatic carbocycles. The molecule has 1 N–H and O–H groups in total. The number of benzene rings is 1. The van der Waals surface area contributed by atoms with Gasteiger partial charge in [-0.2, -0.15) is 0 Å². The second-order valence-corrected chi connectivity index (χ2v) is 9.48. The van der Waals surface area contributed by atoms with Crippen LogP contribution in [0.3, 0.4) is 0 Å². The van der Waals surface area contributed by atoms with E-state index < -0.39 is 0 Å². The van der Waals surface area contributed by atoms with Crippen molar-refractivity contribution < 1.29 is 9.53 Å². The molecule has 5 heteroatoms. The third-order valence-corrected chi connectivity index (χ3v) is 7.99. The molecule has 29 heavy (non-hydrogen) atoms. The average molecular weight is 392 g/mol. The highest BCUT2D eigenvalue weighted by Crippen LogP contribution is 2.55. The molecule has 2 aromatic rings. The molecule has 5 nitrogen and oxygen atoms in total. The summed E-state index contributed by atoms with van der Waals surface area (Å²) in [5.41, 5.74) is 2.28. The highest BCUT2D eigenvalue weighted by atomic mass is 16.5. The maximum absolute atomic E-state index is 12.6. The Morgan fingerprint density at radius 2 is 2.07 bits per heavy atom. The third kappa shape index (κ3) is 2.77. The summed E-state index contributed by atoms with van der Waals surface area (Å²) >= 11 is 0. The van der Waals surface area contributed by atoms with Gasteiger partial charge >= 0.3 is 0 Å². The standard InChI is InChI=1S/C24H29N3O2/c28-23(16-5-1-2-6-16)26-13-18-19-14-27(15-24(19)11-9-22(18)29-24)21-10-12-25-20-8-4-3-7-17(20)21/h3-4,7-8,10,12,16,18-19,22H,1-2,5-6,9,11,13-15H2,(H,26,28)/t18-,19+,22+,24+/m0/s1. The number of pyridine rings is 1. The van der Waals surface area contributed by atoms with Gasteiger partial charge in [0.1, 0.15) is 0 Å². The van der Waals surface area contributed by atoms with Crippen LogP contribution < -0.4 is 10.2 Å². The van der Waals surface area contributed by atoms with Crippen molar-refractivity contribution in [1.82, 2.24) is 10.3 Å². The Kier molecular flexibility index (Phi) is 4.09. The van der Waals surface area contributed by atoms with Gasteiger partial charge in [0.2, 0.25) is 5.91 Å². The van der Waals surface area contributed by atoms with Crippen LogP contribution in [0.25, 0.3) is 10.9 Å². The fourth-order valence-corrected chi connectivity index (χ4v) is 6.55. The summed E-state index contributed by atoms with van der Waals surface area (Å²) in [6, 6.07) is 10.5. The molecule has 152 valence electrons. The van der Waals surface area contributed by atoms with E-state index in [0.717, 1.165) is 50.8 Å². The van der Waals surface area contributed by atoms with Crippen molar-refractivity contribution in [3.63, 3.8) is 0 Å². The predicted molar refractivity (Wildman–Crippen MR) is 113 cm³/mol. The fraction of sp³-hybridized carbons (Fsp3) is 0.583. The number of carbonyl (C=O) groups is 1. The summed E-state index contributed by atoms with van der Waals surface area (Å²) < 4.78 is 6.61. The Morgan fingerprint density at radius 1 is 1.21 bits per heavy atom. The lowest BCUT2D eigenvalue weighted by Crippen LogP contribution is -2.42. The molecule has 3 saturated heterocycles. The van der Waals surface area contributed by atoms with Crippen LogP contribution in [0, 0.1) is 17.8 Å². The van der Waals surface area contributed by atoms with E-state index in [9.17, 15) is 4.79 Å². The van der Waals surface area contributed by atoms with Gasteiger partial charge < -0.3 is 15.0 Å². The van der Waals surface area contributed by atoms with E-state index in [1.54, 1.807) is 0 Å². The van der Waals surface area contributed by atoms with Crippen molar-refractivity contribution in [2.75, 3.05) is 24.5 Å². The molecule has 1 aromatic carbocycles. The number of nitrogens with zero attached hydrogens (tertiary/aromatic N) is 2. The molecule has 0 unspecified atom stereocenters. The number of ether oxygens (including phenoxy) is 1. The summed E-state index contributed by atoms with van der Waals surface area (Å²) in [6.45, 7) is 2.74. The van der Waals surface area contributed by atoms with Gasteiger partial charge in [0.05, 0.1) is 17.2 Å². The second-order valence-electron chi connectivity index (χ2n) is 9.48. The Balaban J connectivity index is 1.22. The Bertz CT molecular complexity index is 935. The van der Waals surface area contributed by atoms with Crippen molar-refractivity contribution >= 4 is 22.5 Å². The number of para-hydroxylation sites is 1. The zero-order chi connectivity index (χ0) is 19.4. The summed E-state index contributed by atoms with van der Waals surface area (Å²) in [5.74, 6) is 1.45. The molecular weight excluding hydrogens is 362 g/mol. The maximum atomic E-state index is 12.6. The van der Waals surface area contributed by atoms with E-state index in [1.807, 2.05) is 12.3 Å². The van der Waals surface area contributed by atoms with E-state index in [4.69, 9.17) is 4.74 Å². The largest absolute Gasteiger partial charge is 0.369 e. The van der Waals surface area contributed by atoms with Crippen LogP contribution in [-0.4, -0.2) is 42.2 Å². The number of hydrogen-bond acceptors (Lipinski definition) is 4. The van der Waals surface area contributed by atoms with Crippen LogP contribution in [0.2, 0.25) is 0 Å². The van der Waals surface area contributed by atoms with Gasteiger partial charge in [0, 0.05) is 54.7 Å². The number of amides is 1. The minimum absolute atomic E-state index is 0.0300. The quantitative estimate of drug-likeness (QED) is 0.866. The molecule has 4 atom stereocenters. The van der Waals surface area contributed by atoms with Crippen molar-refractivity contribution in [2.24, 2.45) is 17.8 Å². The fourth-order valence-electron chi connectivity index (χ4n) is 6.55. The van der Waals surface area contributed by atoms with Crippen molar-refractivity contribution in [2.45, 2.75) is 50.2 Å². The lowest BCUT2D eigenvalue weighted by Gasteiger charge is -2.29. The molecule has 1 amide bonds. The predicted octanol–water partition coefficient (Wildman–Crippen LogP) is 3.53. The Labute approximate surface area is 171 Å². The number of anilines is 1. The van der Waals surface area contributed by atoms with E-state index in [2.05, 4.69) is 39.5 Å². The molecule has 4 heterocycles. The number of rotatable bonds is 4. The lowest BCUT2D eigenvalue weighted by molar-refractivity contribution is -0.125. The normalized spacial score (nSPS) is 33.5. The summed E-state index contributed by atoms with van der Waals surface area (Å²) in [4.78, 5) is 19.6. The highest BCUT2D eigenvalue weighted by molar-refractivity contribution is 5.91. The number of hydrogen-bond donors (Lipinski definition) is 1. The maximum Gasteiger partial charge on any atom is 0.223 e. The van der Waals surface area contributed by atoms with Crippen LogP contribution in [0.4, 0.5) is 5.69 Å². The van der Waals surface area contributed by atoms with Crippen LogP contribution in [-0.2, 0) is 9.53 Å². The van der Waals surface area contributed by atoms with Crippen LogP contribution >= 0.6 is 0 Å². The monoisotopic (exact) mass is 391 g/mol. The highest BCUT2D eigenvalue weighted by Gasteiger charge is 2.63. The van der Waals surface area contributed by atoms with Crippen LogP contribution in [0.5, 0.6) is 0 Å². The lowest BCUT2D eigenvalue weighted by atomic mass is 9.73. The van der Waals surface area contributed by atoms with E-state index in [-0.39, 0.29) is 17.4 Å². The van der Waals surface area contributed by atoms with E-state index in [0.29, 0.717) is 17.9 Å². The first kappa shape index (κ1) is 17.7. The molecule has 0 radical (unpaired) electrons. The smallest absolute Gasteiger partial charge is 0.223 e. The van der Waals surface area contributed by atoms with Crippen molar-refractivity contribution in [3.8, 4) is 0 Å². The summed E-state index contributed by atoms with van der Waals surface area (Å²) in [6.07, 6.45) is 9.04. The summed E-state index contributed by atoms with van der Waals surface area (Å²) in [7, 11) is 0. The second kappa shape index (κ2) is 6.69. The van der Waals surface area contributed by atoms with Gasteiger partial charge in [0.25, 0.3) is 0 Å². The molecule has 3 aliphatic heterocycles. The van der Waals surface area contributed by atoms with Gasteiger partial charge in [-0.3, -0.25) is 9.78 Å². The van der Waals surface area contributed by atoms with Crippen molar-refractivity contribution in [3.05, 3.63) is 36.5 Å². The molecule has 2 bridgehead atoms. The molecule has 1 spiro atoms. The third-order valence-electron chi connectivity index (χ3n) is 7.99. The van der Waals surface area contributed by atoms with Gasteiger partial charge in [-0.25, -0.2) is 0 Å². The van der Waals surface area contributed by atoms with E-state index >= 15 is 0 Å². The van der Waals surface area contributed by atoms with Gasteiger partial charge in [-0.05, 0) is 37.8 Å². The van der Waals surface area contributed by atoms with Gasteiger partial charge in [0.15, 0.2) is 0 Å². The van der Waals surface area contributed by atoms with E-state index in [1.165, 1.54) is 23.9 Å². The average Bonchev–Trinajstić information content (AvgIpc) is 3.52. The molecule has 6 rings (SSSR count). The number of carbonyl (C=O) groups excluding carboxylic acids is 1. The number of aromatic nitrogens is 1. The van der Waals surface area contributed by atoms with Crippen molar-refractivity contribution in [1.29, 1.82) is 0 Å². The first-order chi connectivity index (χ1) is 14.2. The Morgan fingerprint density at radius 3 is 2.97 bits per heavy atom. The van der Waals surface area contributed by atoms with Gasteiger partial charge in [-0.1, -0.05) is 31.0 Å². The number of fused-ring (bicyclic) bond motifs is 2. The first-order valence-corrected chi connectivity index (χ1v) is 11.3. The molecule has 4 aliphatic rings. The summed E-state index contributed by atoms with van der Waals surface area (Å²) in [5, 5.41) is 4.51. The number of nitrogens with one attached hydrogen (secondary N) is 1. The van der Waals surface area contributed by atoms with Crippen LogP contribution in [0.1, 0.15) is 38.5 Å². The first-order valence-electron chi connectivity index (χ1n) is 11.3. The zero-order valence-electron chi connectivity index (χ0n) is 16.8. The molecule has 1 saturated carbocycles. The molecule has 1 aromatic heterocycles. The van der Waals surface area contributed by atoms with Crippen LogP contribution in [0.15, 0.2) is 36.5 Å². The minimum Gasteiger partial charge on any atom is -0.369 e. The zero-order valence-corrected chi connectivity index (χ0v) is 16.8. The minimum atomic E-state index is -0.0300.